The first-order chi connectivity index (χ1) is 9.90. The summed E-state index contributed by atoms with van der Waals surface area (Å²) in [5.41, 5.74) is 0.664. The van der Waals surface area contributed by atoms with Gasteiger partial charge in [0, 0.05) is 24.0 Å². The first-order valence-electron chi connectivity index (χ1n) is 6.97. The summed E-state index contributed by atoms with van der Waals surface area (Å²) in [5, 5.41) is 11.5. The van der Waals surface area contributed by atoms with Crippen LogP contribution >= 0.6 is 11.6 Å². The molecule has 116 valence electrons. The average Bonchev–Trinajstić information content (AvgIpc) is 2.83. The molecule has 2 unspecified atom stereocenters. The highest BCUT2D eigenvalue weighted by atomic mass is 35.5. The second kappa shape index (κ2) is 6.92. The van der Waals surface area contributed by atoms with Gasteiger partial charge < -0.3 is 5.11 Å². The van der Waals surface area contributed by atoms with Gasteiger partial charge in [-0.1, -0.05) is 36.2 Å². The van der Waals surface area contributed by atoms with Crippen LogP contribution in [0.25, 0.3) is 6.08 Å². The van der Waals surface area contributed by atoms with Crippen LogP contribution in [0.3, 0.4) is 0 Å². The number of halogens is 1. The molecule has 0 aliphatic heterocycles. The van der Waals surface area contributed by atoms with E-state index in [1.807, 2.05) is 0 Å². The number of aliphatic hydroxyl groups excluding tert-OH is 1. The Kier molecular flexibility index (Phi) is 5.43. The summed E-state index contributed by atoms with van der Waals surface area (Å²) in [7, 11) is -1.96. The third kappa shape index (κ3) is 4.30. The van der Waals surface area contributed by atoms with Crippen molar-refractivity contribution in [2.24, 2.45) is 5.92 Å². The van der Waals surface area contributed by atoms with Gasteiger partial charge >= 0.3 is 0 Å². The summed E-state index contributed by atoms with van der Waals surface area (Å²) in [6.45, 7) is 0.344. The Morgan fingerprint density at radius 2 is 2.10 bits per heavy atom. The summed E-state index contributed by atoms with van der Waals surface area (Å²) in [5.74, 6) is 0.0264. The van der Waals surface area contributed by atoms with Crippen molar-refractivity contribution in [2.45, 2.75) is 25.4 Å². The summed E-state index contributed by atoms with van der Waals surface area (Å²) >= 11 is 6.00. The Morgan fingerprint density at radius 1 is 1.38 bits per heavy atom. The third-order valence-electron chi connectivity index (χ3n) is 3.87. The van der Waals surface area contributed by atoms with Gasteiger partial charge in [0.05, 0.1) is 6.10 Å². The molecule has 4 nitrogen and oxygen atoms in total. The van der Waals surface area contributed by atoms with Crippen LogP contribution in [-0.4, -0.2) is 37.5 Å². The normalized spacial score (nSPS) is 23.2. The Hall–Kier alpha value is -0.880. The zero-order chi connectivity index (χ0) is 15.5. The van der Waals surface area contributed by atoms with Gasteiger partial charge in [0.15, 0.2) is 0 Å². The van der Waals surface area contributed by atoms with E-state index in [0.29, 0.717) is 17.1 Å². The van der Waals surface area contributed by atoms with Gasteiger partial charge in [0.1, 0.15) is 0 Å². The fourth-order valence-electron chi connectivity index (χ4n) is 2.54. The molecule has 0 saturated heterocycles. The Morgan fingerprint density at radius 3 is 2.71 bits per heavy atom. The largest absolute Gasteiger partial charge is 0.393 e. The van der Waals surface area contributed by atoms with Crippen molar-refractivity contribution in [3.63, 3.8) is 0 Å². The van der Waals surface area contributed by atoms with Crippen LogP contribution in [0.2, 0.25) is 5.02 Å². The van der Waals surface area contributed by atoms with Crippen molar-refractivity contribution in [1.29, 1.82) is 0 Å². The smallest absolute Gasteiger partial charge is 0.235 e. The van der Waals surface area contributed by atoms with E-state index in [1.165, 1.54) is 17.4 Å². The van der Waals surface area contributed by atoms with E-state index in [0.717, 1.165) is 24.7 Å². The van der Waals surface area contributed by atoms with Gasteiger partial charge in [-0.2, -0.15) is 0 Å². The van der Waals surface area contributed by atoms with Gasteiger partial charge in [0.25, 0.3) is 0 Å². The lowest BCUT2D eigenvalue weighted by molar-refractivity contribution is 0.123. The average molecular weight is 330 g/mol. The highest BCUT2D eigenvalue weighted by molar-refractivity contribution is 7.92. The molecule has 0 amide bonds. The Bertz CT molecular complexity index is 615. The molecule has 6 heteroatoms. The van der Waals surface area contributed by atoms with E-state index in [9.17, 15) is 13.5 Å². The molecule has 1 aliphatic carbocycles. The molecule has 1 aliphatic rings. The van der Waals surface area contributed by atoms with Crippen molar-refractivity contribution in [1.82, 2.24) is 4.31 Å². The first-order valence-corrected chi connectivity index (χ1v) is 8.85. The molecule has 21 heavy (non-hydrogen) atoms. The van der Waals surface area contributed by atoms with Crippen molar-refractivity contribution in [3.05, 3.63) is 40.3 Å². The number of hydrogen-bond acceptors (Lipinski definition) is 3. The fourth-order valence-corrected chi connectivity index (χ4v) is 3.66. The van der Waals surface area contributed by atoms with E-state index in [-0.39, 0.29) is 5.92 Å². The van der Waals surface area contributed by atoms with Crippen LogP contribution < -0.4 is 0 Å². The van der Waals surface area contributed by atoms with Crippen molar-refractivity contribution >= 4 is 27.7 Å². The molecule has 1 N–H and O–H groups in total. The molecule has 1 fully saturated rings. The fraction of sp³-hybridized carbons (Fsp3) is 0.467. The van der Waals surface area contributed by atoms with Gasteiger partial charge in [0.2, 0.25) is 10.0 Å². The molecule has 1 saturated carbocycles. The maximum atomic E-state index is 12.2. The van der Waals surface area contributed by atoms with Gasteiger partial charge in [-0.3, -0.25) is 0 Å². The third-order valence-corrected chi connectivity index (χ3v) is 5.71. The van der Waals surface area contributed by atoms with Crippen LogP contribution in [0.4, 0.5) is 0 Å². The number of nitrogens with zero attached hydrogens (tertiary/aromatic N) is 1. The lowest BCUT2D eigenvalue weighted by Crippen LogP contribution is -2.33. The summed E-state index contributed by atoms with van der Waals surface area (Å²) in [6, 6.07) is 7.07. The van der Waals surface area contributed by atoms with Crippen LogP contribution in [-0.2, 0) is 10.0 Å². The molecule has 1 aromatic rings. The SMILES string of the molecule is CN(CC1CCCC1O)S(=O)(=O)/C=C/c1ccccc1Cl. The van der Waals surface area contributed by atoms with Gasteiger partial charge in [-0.25, -0.2) is 12.7 Å². The number of aliphatic hydroxyl groups is 1. The topological polar surface area (TPSA) is 57.6 Å². The Labute approximate surface area is 131 Å². The Balaban J connectivity index is 2.05. The van der Waals surface area contributed by atoms with E-state index in [1.54, 1.807) is 24.3 Å². The molecule has 2 rings (SSSR count). The van der Waals surface area contributed by atoms with E-state index >= 15 is 0 Å². The standard InChI is InChI=1S/C15H20ClNO3S/c1-17(11-13-6-4-8-15(13)18)21(19,20)10-9-12-5-2-3-7-14(12)16/h2-3,5,7,9-10,13,15,18H,4,6,8,11H2,1H3/b10-9+. The second-order valence-corrected chi connectivity index (χ2v) is 7.74. The summed E-state index contributed by atoms with van der Waals surface area (Å²) in [6.07, 6.45) is 3.69. The lowest BCUT2D eigenvalue weighted by Gasteiger charge is -2.21. The number of hydrogen-bond donors (Lipinski definition) is 1. The summed E-state index contributed by atoms with van der Waals surface area (Å²) < 4.78 is 25.7. The van der Waals surface area contributed by atoms with Crippen LogP contribution in [0.1, 0.15) is 24.8 Å². The molecular weight excluding hydrogens is 310 g/mol. The minimum Gasteiger partial charge on any atom is -0.393 e. The number of sulfonamides is 1. The highest BCUT2D eigenvalue weighted by Crippen LogP contribution is 2.27. The quantitative estimate of drug-likeness (QED) is 0.903. The molecule has 0 heterocycles. The van der Waals surface area contributed by atoms with Crippen LogP contribution in [0.5, 0.6) is 0 Å². The highest BCUT2D eigenvalue weighted by Gasteiger charge is 2.28. The molecule has 0 spiro atoms. The number of benzene rings is 1. The molecule has 0 radical (unpaired) electrons. The minimum atomic E-state index is -3.50. The monoisotopic (exact) mass is 329 g/mol. The minimum absolute atomic E-state index is 0.0264. The van der Waals surface area contributed by atoms with Crippen molar-refractivity contribution in [3.8, 4) is 0 Å². The zero-order valence-corrected chi connectivity index (χ0v) is 13.5. The van der Waals surface area contributed by atoms with Crippen molar-refractivity contribution < 1.29 is 13.5 Å². The maximum Gasteiger partial charge on any atom is 0.235 e. The molecular formula is C15H20ClNO3S. The van der Waals surface area contributed by atoms with Gasteiger partial charge in [-0.05, 0) is 36.5 Å². The van der Waals surface area contributed by atoms with Gasteiger partial charge in [-0.15, -0.1) is 0 Å². The van der Waals surface area contributed by atoms with Crippen LogP contribution in [0.15, 0.2) is 29.7 Å². The van der Waals surface area contributed by atoms with Crippen molar-refractivity contribution in [2.75, 3.05) is 13.6 Å². The molecule has 2 atom stereocenters. The second-order valence-electron chi connectivity index (χ2n) is 5.41. The molecule has 0 bridgehead atoms. The van der Waals surface area contributed by atoms with E-state index in [2.05, 4.69) is 0 Å². The van der Waals surface area contributed by atoms with E-state index < -0.39 is 16.1 Å². The number of rotatable bonds is 5. The molecule has 1 aromatic carbocycles. The van der Waals surface area contributed by atoms with E-state index in [4.69, 9.17) is 11.6 Å². The summed E-state index contributed by atoms with van der Waals surface area (Å²) in [4.78, 5) is 0. The zero-order valence-electron chi connectivity index (χ0n) is 11.9. The molecule has 0 aromatic heterocycles. The maximum absolute atomic E-state index is 12.2. The lowest BCUT2D eigenvalue weighted by atomic mass is 10.1. The predicted molar refractivity (Wildman–Crippen MR) is 85.4 cm³/mol. The first kappa shape index (κ1) is 16.5. The predicted octanol–water partition coefficient (Wildman–Crippen LogP) is 2.73. The van der Waals surface area contributed by atoms with Crippen LogP contribution in [0, 0.1) is 5.92 Å².